The molecule has 0 saturated carbocycles. The standard InChI is InChI=1S/C14H19N5O/c1-9-12-5-11(8-16-13(12)19-18-9)14(20)17-7-10-3-2-4-15-6-10/h5,8,10,15H,2-4,6-7H2,1H3,(H,17,20)(H,16,18,19). The molecule has 1 atom stereocenters. The lowest BCUT2D eigenvalue weighted by Crippen LogP contribution is -2.38. The van der Waals surface area contributed by atoms with Gasteiger partial charge in [-0.2, -0.15) is 5.10 Å². The third kappa shape index (κ3) is 2.65. The van der Waals surface area contributed by atoms with Crippen LogP contribution in [0.25, 0.3) is 11.0 Å². The number of fused-ring (bicyclic) bond motifs is 1. The molecule has 0 spiro atoms. The van der Waals surface area contributed by atoms with Crippen molar-refractivity contribution in [2.75, 3.05) is 19.6 Å². The van der Waals surface area contributed by atoms with E-state index in [1.54, 1.807) is 6.20 Å². The number of aryl methyl sites for hydroxylation is 1. The molecule has 2 aromatic rings. The molecule has 6 nitrogen and oxygen atoms in total. The third-order valence-corrected chi connectivity index (χ3v) is 3.81. The minimum absolute atomic E-state index is 0.0643. The van der Waals surface area contributed by atoms with E-state index in [1.807, 2.05) is 13.0 Å². The highest BCUT2D eigenvalue weighted by atomic mass is 16.1. The quantitative estimate of drug-likeness (QED) is 0.779. The smallest absolute Gasteiger partial charge is 0.252 e. The molecule has 3 rings (SSSR count). The third-order valence-electron chi connectivity index (χ3n) is 3.81. The summed E-state index contributed by atoms with van der Waals surface area (Å²) in [6, 6.07) is 1.84. The lowest BCUT2D eigenvalue weighted by molar-refractivity contribution is 0.0944. The van der Waals surface area contributed by atoms with Crippen LogP contribution in [0.4, 0.5) is 0 Å². The second-order valence-corrected chi connectivity index (χ2v) is 5.37. The molecule has 106 valence electrons. The Morgan fingerprint density at radius 3 is 3.25 bits per heavy atom. The Balaban J connectivity index is 1.67. The first-order valence-corrected chi connectivity index (χ1v) is 7.03. The number of H-pyrrole nitrogens is 1. The van der Waals surface area contributed by atoms with Gasteiger partial charge in [0, 0.05) is 23.8 Å². The van der Waals surface area contributed by atoms with Crippen LogP contribution >= 0.6 is 0 Å². The van der Waals surface area contributed by atoms with Gasteiger partial charge in [-0.3, -0.25) is 9.89 Å². The molecule has 1 fully saturated rings. The number of piperidine rings is 1. The Labute approximate surface area is 117 Å². The number of aromatic nitrogens is 3. The van der Waals surface area contributed by atoms with Gasteiger partial charge < -0.3 is 10.6 Å². The van der Waals surface area contributed by atoms with E-state index in [9.17, 15) is 4.79 Å². The van der Waals surface area contributed by atoms with Crippen LogP contribution in [0.1, 0.15) is 28.9 Å². The van der Waals surface area contributed by atoms with Gasteiger partial charge in [0.25, 0.3) is 5.91 Å². The van der Waals surface area contributed by atoms with Crippen LogP contribution in [0.3, 0.4) is 0 Å². The molecule has 1 aliphatic rings. The molecule has 6 heteroatoms. The lowest BCUT2D eigenvalue weighted by Gasteiger charge is -2.22. The summed E-state index contributed by atoms with van der Waals surface area (Å²) in [6.45, 7) is 4.71. The van der Waals surface area contributed by atoms with Gasteiger partial charge in [0.1, 0.15) is 0 Å². The Morgan fingerprint density at radius 2 is 2.45 bits per heavy atom. The van der Waals surface area contributed by atoms with Crippen molar-refractivity contribution in [1.82, 2.24) is 25.8 Å². The highest BCUT2D eigenvalue weighted by Gasteiger charge is 2.15. The molecule has 0 radical (unpaired) electrons. The molecular weight excluding hydrogens is 254 g/mol. The number of aromatic amines is 1. The van der Waals surface area contributed by atoms with E-state index < -0.39 is 0 Å². The summed E-state index contributed by atoms with van der Waals surface area (Å²) in [5.74, 6) is 0.464. The van der Waals surface area contributed by atoms with Crippen LogP contribution in [0, 0.1) is 12.8 Å². The van der Waals surface area contributed by atoms with Gasteiger partial charge >= 0.3 is 0 Å². The maximum Gasteiger partial charge on any atom is 0.252 e. The van der Waals surface area contributed by atoms with Crippen molar-refractivity contribution in [2.24, 2.45) is 5.92 Å². The first-order chi connectivity index (χ1) is 9.74. The normalized spacial score (nSPS) is 19.1. The molecular formula is C14H19N5O. The Hall–Kier alpha value is -1.95. The summed E-state index contributed by atoms with van der Waals surface area (Å²) in [5, 5.41) is 14.2. The molecule has 1 saturated heterocycles. The Kier molecular flexibility index (Phi) is 3.64. The molecule has 0 aromatic carbocycles. The van der Waals surface area contributed by atoms with Gasteiger partial charge in [-0.05, 0) is 44.8 Å². The van der Waals surface area contributed by atoms with Crippen molar-refractivity contribution in [3.63, 3.8) is 0 Å². The van der Waals surface area contributed by atoms with E-state index in [4.69, 9.17) is 0 Å². The zero-order valence-electron chi connectivity index (χ0n) is 11.6. The molecule has 1 amide bonds. The van der Waals surface area contributed by atoms with Gasteiger partial charge in [0.05, 0.1) is 5.56 Å². The summed E-state index contributed by atoms with van der Waals surface area (Å²) in [5.41, 5.74) is 2.17. The van der Waals surface area contributed by atoms with Gasteiger partial charge in [-0.15, -0.1) is 0 Å². The Morgan fingerprint density at radius 1 is 1.55 bits per heavy atom. The molecule has 1 unspecified atom stereocenters. The predicted octanol–water partition coefficient (Wildman–Crippen LogP) is 0.996. The fourth-order valence-electron chi connectivity index (χ4n) is 2.58. The monoisotopic (exact) mass is 273 g/mol. The van der Waals surface area contributed by atoms with Crippen LogP contribution < -0.4 is 10.6 Å². The summed E-state index contributed by atoms with van der Waals surface area (Å²) >= 11 is 0. The van der Waals surface area contributed by atoms with Gasteiger partial charge in [0.2, 0.25) is 0 Å². The molecule has 0 aliphatic carbocycles. The summed E-state index contributed by atoms with van der Waals surface area (Å²) < 4.78 is 0. The van der Waals surface area contributed by atoms with Crippen molar-refractivity contribution in [3.05, 3.63) is 23.5 Å². The van der Waals surface area contributed by atoms with E-state index in [2.05, 4.69) is 25.8 Å². The van der Waals surface area contributed by atoms with Crippen molar-refractivity contribution >= 4 is 16.9 Å². The zero-order valence-corrected chi connectivity index (χ0v) is 11.6. The summed E-state index contributed by atoms with van der Waals surface area (Å²) in [4.78, 5) is 16.4. The van der Waals surface area contributed by atoms with E-state index in [0.29, 0.717) is 23.7 Å². The van der Waals surface area contributed by atoms with E-state index in [1.165, 1.54) is 12.8 Å². The van der Waals surface area contributed by atoms with Gasteiger partial charge in [0.15, 0.2) is 5.65 Å². The lowest BCUT2D eigenvalue weighted by atomic mass is 10.00. The first kappa shape index (κ1) is 13.1. The zero-order chi connectivity index (χ0) is 13.9. The van der Waals surface area contributed by atoms with E-state index >= 15 is 0 Å². The minimum Gasteiger partial charge on any atom is -0.352 e. The number of nitrogens with zero attached hydrogens (tertiary/aromatic N) is 2. The Bertz CT molecular complexity index is 615. The van der Waals surface area contributed by atoms with Crippen molar-refractivity contribution in [1.29, 1.82) is 0 Å². The maximum absolute atomic E-state index is 12.2. The number of amides is 1. The molecule has 2 aromatic heterocycles. The van der Waals surface area contributed by atoms with E-state index in [0.717, 1.165) is 24.2 Å². The van der Waals surface area contributed by atoms with Crippen LogP contribution in [0.2, 0.25) is 0 Å². The summed E-state index contributed by atoms with van der Waals surface area (Å²) in [6.07, 6.45) is 3.94. The van der Waals surface area contributed by atoms with Gasteiger partial charge in [-0.25, -0.2) is 4.98 Å². The minimum atomic E-state index is -0.0643. The molecule has 3 N–H and O–H groups in total. The van der Waals surface area contributed by atoms with Crippen LogP contribution in [0.15, 0.2) is 12.3 Å². The number of nitrogens with one attached hydrogen (secondary N) is 3. The topological polar surface area (TPSA) is 82.7 Å². The number of hydrogen-bond acceptors (Lipinski definition) is 4. The predicted molar refractivity (Wildman–Crippen MR) is 76.6 cm³/mol. The van der Waals surface area contributed by atoms with Crippen LogP contribution in [-0.4, -0.2) is 40.7 Å². The number of carbonyl (C=O) groups excluding carboxylic acids is 1. The molecule has 0 bridgehead atoms. The van der Waals surface area contributed by atoms with Crippen molar-refractivity contribution < 1.29 is 4.79 Å². The first-order valence-electron chi connectivity index (χ1n) is 7.03. The SMILES string of the molecule is Cc1[nH]nc2ncc(C(=O)NCC3CCCNC3)cc12. The summed E-state index contributed by atoms with van der Waals surface area (Å²) in [7, 11) is 0. The van der Waals surface area contributed by atoms with E-state index in [-0.39, 0.29) is 5.91 Å². The average Bonchev–Trinajstić information content (AvgIpc) is 2.87. The number of rotatable bonds is 3. The fraction of sp³-hybridized carbons (Fsp3) is 0.500. The maximum atomic E-state index is 12.2. The van der Waals surface area contributed by atoms with Crippen LogP contribution in [0.5, 0.6) is 0 Å². The average molecular weight is 273 g/mol. The second-order valence-electron chi connectivity index (χ2n) is 5.37. The van der Waals surface area contributed by atoms with Crippen LogP contribution in [-0.2, 0) is 0 Å². The fourth-order valence-corrected chi connectivity index (χ4v) is 2.58. The number of hydrogen-bond donors (Lipinski definition) is 3. The van der Waals surface area contributed by atoms with Crippen molar-refractivity contribution in [3.8, 4) is 0 Å². The second kappa shape index (κ2) is 5.58. The molecule has 1 aliphatic heterocycles. The molecule has 20 heavy (non-hydrogen) atoms. The van der Waals surface area contributed by atoms with Crippen molar-refractivity contribution in [2.45, 2.75) is 19.8 Å². The largest absolute Gasteiger partial charge is 0.352 e. The highest BCUT2D eigenvalue weighted by molar-refractivity contribution is 5.97. The molecule has 3 heterocycles. The number of carbonyl (C=O) groups is 1. The number of pyridine rings is 1. The highest BCUT2D eigenvalue weighted by Crippen LogP contribution is 2.14. The van der Waals surface area contributed by atoms with Gasteiger partial charge in [-0.1, -0.05) is 0 Å².